The van der Waals surface area contributed by atoms with Crippen molar-refractivity contribution in [2.24, 2.45) is 17.8 Å². The first-order valence-corrected chi connectivity index (χ1v) is 14.6. The minimum absolute atomic E-state index is 0.0966. The summed E-state index contributed by atoms with van der Waals surface area (Å²) < 4.78 is 60.3. The number of hydrogen-bond donors (Lipinski definition) is 0. The van der Waals surface area contributed by atoms with Crippen LogP contribution in [0.25, 0.3) is 16.7 Å². The van der Waals surface area contributed by atoms with Gasteiger partial charge in [0, 0.05) is 16.7 Å². The highest BCUT2D eigenvalue weighted by atomic mass is 19.2. The number of halogens is 4. The Morgan fingerprint density at radius 3 is 2.08 bits per heavy atom. The van der Waals surface area contributed by atoms with Gasteiger partial charge in [0.15, 0.2) is 23.3 Å². The highest BCUT2D eigenvalue weighted by Gasteiger charge is 2.34. The van der Waals surface area contributed by atoms with Crippen molar-refractivity contribution in [2.75, 3.05) is 0 Å². The predicted molar refractivity (Wildman–Crippen MR) is 143 cm³/mol. The maximum absolute atomic E-state index is 15.4. The van der Waals surface area contributed by atoms with Gasteiger partial charge in [-0.15, -0.1) is 0 Å². The first-order chi connectivity index (χ1) is 17.9. The number of benzene rings is 2. The Morgan fingerprint density at radius 1 is 0.730 bits per heavy atom. The average molecular weight is 513 g/mol. The summed E-state index contributed by atoms with van der Waals surface area (Å²) in [5.74, 6) is -1.70. The van der Waals surface area contributed by atoms with Crippen LogP contribution in [0.1, 0.15) is 113 Å². The molecule has 200 valence electrons. The summed E-state index contributed by atoms with van der Waals surface area (Å²) in [5, 5.41) is 0. The second-order valence-electron chi connectivity index (χ2n) is 11.8. The molecule has 0 radical (unpaired) electrons. The van der Waals surface area contributed by atoms with Crippen molar-refractivity contribution in [3.8, 4) is 11.1 Å². The quantitative estimate of drug-likeness (QED) is 0.208. The summed E-state index contributed by atoms with van der Waals surface area (Å²) >= 11 is 0. The minimum Gasteiger partial charge on any atom is -0.203 e. The van der Waals surface area contributed by atoms with Crippen LogP contribution in [0.5, 0.6) is 0 Å². The fraction of sp³-hybridized carbons (Fsp3) is 0.576. The Labute approximate surface area is 219 Å². The van der Waals surface area contributed by atoms with E-state index >= 15 is 8.78 Å². The summed E-state index contributed by atoms with van der Waals surface area (Å²) in [6.45, 7) is 4.16. The molecule has 1 saturated carbocycles. The lowest BCUT2D eigenvalue weighted by atomic mass is 9.70. The van der Waals surface area contributed by atoms with Crippen molar-refractivity contribution < 1.29 is 17.6 Å². The van der Waals surface area contributed by atoms with Gasteiger partial charge in [0.1, 0.15) is 0 Å². The molecule has 0 aromatic heterocycles. The summed E-state index contributed by atoms with van der Waals surface area (Å²) in [4.78, 5) is 0. The zero-order chi connectivity index (χ0) is 26.1. The molecule has 0 amide bonds. The van der Waals surface area contributed by atoms with Gasteiger partial charge in [-0.25, -0.2) is 17.6 Å². The third-order valence-corrected chi connectivity index (χ3v) is 9.37. The Kier molecular flexibility index (Phi) is 8.12. The van der Waals surface area contributed by atoms with E-state index in [2.05, 4.69) is 13.0 Å². The van der Waals surface area contributed by atoms with E-state index < -0.39 is 23.3 Å². The van der Waals surface area contributed by atoms with E-state index in [1.165, 1.54) is 51.4 Å². The molecule has 2 aromatic rings. The standard InChI is InChI=1S/C33H40F4/c1-3-5-6-8-20-9-11-21(12-10-20)22-13-15-23(16-14-22)27-19-26-18-25-17-24(7-4-2)30(34)32(36)28(25)29(26)33(37)31(27)35/h15,17,19-22H,3-14,16,18H2,1-2H3. The van der Waals surface area contributed by atoms with Gasteiger partial charge in [0.05, 0.1) is 0 Å². The smallest absolute Gasteiger partial charge is 0.167 e. The van der Waals surface area contributed by atoms with Crippen LogP contribution >= 0.6 is 0 Å². The lowest BCUT2D eigenvalue weighted by molar-refractivity contribution is 0.187. The molecule has 0 aliphatic heterocycles. The van der Waals surface area contributed by atoms with Crippen molar-refractivity contribution in [1.82, 2.24) is 0 Å². The number of aryl methyl sites for hydroxylation is 1. The zero-order valence-electron chi connectivity index (χ0n) is 22.4. The van der Waals surface area contributed by atoms with Gasteiger partial charge in [0.2, 0.25) is 0 Å². The molecular formula is C33H40F4. The number of unbranched alkanes of at least 4 members (excludes halogenated alkanes) is 2. The number of rotatable bonds is 8. The Bertz CT molecular complexity index is 1170. The number of hydrogen-bond acceptors (Lipinski definition) is 0. The maximum Gasteiger partial charge on any atom is 0.167 e. The lowest BCUT2D eigenvalue weighted by Gasteiger charge is -2.35. The molecule has 5 rings (SSSR count). The summed E-state index contributed by atoms with van der Waals surface area (Å²) in [7, 11) is 0. The molecule has 0 saturated heterocycles. The van der Waals surface area contributed by atoms with Gasteiger partial charge < -0.3 is 0 Å². The van der Waals surface area contributed by atoms with Crippen LogP contribution in [0.15, 0.2) is 18.2 Å². The monoisotopic (exact) mass is 512 g/mol. The molecule has 1 atom stereocenters. The van der Waals surface area contributed by atoms with E-state index in [0.29, 0.717) is 47.4 Å². The highest BCUT2D eigenvalue weighted by Crippen LogP contribution is 2.46. The van der Waals surface area contributed by atoms with Crippen molar-refractivity contribution in [3.05, 3.63) is 63.7 Å². The van der Waals surface area contributed by atoms with Gasteiger partial charge >= 0.3 is 0 Å². The molecule has 3 aliphatic carbocycles. The van der Waals surface area contributed by atoms with E-state index in [0.717, 1.165) is 36.7 Å². The third-order valence-electron chi connectivity index (χ3n) is 9.37. The van der Waals surface area contributed by atoms with E-state index in [1.54, 1.807) is 12.1 Å². The molecule has 1 unspecified atom stereocenters. The molecule has 0 spiro atoms. The third kappa shape index (κ3) is 5.14. The van der Waals surface area contributed by atoms with Crippen LogP contribution in [0.2, 0.25) is 0 Å². The number of fused-ring (bicyclic) bond motifs is 3. The Balaban J connectivity index is 1.31. The van der Waals surface area contributed by atoms with E-state index in [-0.39, 0.29) is 11.1 Å². The molecule has 0 heterocycles. The first-order valence-electron chi connectivity index (χ1n) is 14.6. The summed E-state index contributed by atoms with van der Waals surface area (Å²) in [6.07, 6.45) is 16.8. The lowest BCUT2D eigenvalue weighted by Crippen LogP contribution is -2.23. The van der Waals surface area contributed by atoms with Crippen LogP contribution in [0.3, 0.4) is 0 Å². The zero-order valence-corrected chi connectivity index (χ0v) is 22.4. The second-order valence-corrected chi connectivity index (χ2v) is 11.8. The van der Waals surface area contributed by atoms with Crippen molar-refractivity contribution >= 4 is 5.57 Å². The topological polar surface area (TPSA) is 0 Å². The van der Waals surface area contributed by atoms with Crippen LogP contribution < -0.4 is 0 Å². The fourth-order valence-corrected chi connectivity index (χ4v) is 7.28. The molecule has 0 nitrogen and oxygen atoms in total. The summed E-state index contributed by atoms with van der Waals surface area (Å²) in [5.41, 5.74) is 2.38. The number of allylic oxidation sites excluding steroid dienone is 2. The molecule has 37 heavy (non-hydrogen) atoms. The van der Waals surface area contributed by atoms with Crippen molar-refractivity contribution in [1.29, 1.82) is 0 Å². The van der Waals surface area contributed by atoms with Crippen molar-refractivity contribution in [2.45, 2.75) is 104 Å². The minimum atomic E-state index is -1.05. The second kappa shape index (κ2) is 11.3. The van der Waals surface area contributed by atoms with Crippen molar-refractivity contribution in [3.63, 3.8) is 0 Å². The molecule has 2 aromatic carbocycles. The largest absolute Gasteiger partial charge is 0.203 e. The SMILES string of the molecule is CCCCCC1CCC(C2CC=C(c3cc4c(c(F)c3F)-c3c(cc(CCC)c(F)c3F)C4)CC2)CC1. The van der Waals surface area contributed by atoms with Gasteiger partial charge in [-0.05, 0) is 91.0 Å². The molecule has 0 bridgehead atoms. The Morgan fingerprint density at radius 2 is 1.43 bits per heavy atom. The van der Waals surface area contributed by atoms with Crippen LogP contribution in [0, 0.1) is 41.0 Å². The van der Waals surface area contributed by atoms with Crippen LogP contribution in [-0.4, -0.2) is 0 Å². The van der Waals surface area contributed by atoms with Gasteiger partial charge in [-0.1, -0.05) is 70.9 Å². The Hall–Kier alpha value is -2.10. The highest BCUT2D eigenvalue weighted by molar-refractivity contribution is 5.81. The molecule has 3 aliphatic rings. The predicted octanol–water partition coefficient (Wildman–Crippen LogP) is 10.3. The summed E-state index contributed by atoms with van der Waals surface area (Å²) in [6, 6.07) is 3.33. The molecular weight excluding hydrogens is 472 g/mol. The van der Waals surface area contributed by atoms with Gasteiger partial charge in [0.25, 0.3) is 0 Å². The maximum atomic E-state index is 15.4. The van der Waals surface area contributed by atoms with Crippen LogP contribution in [-0.2, 0) is 12.8 Å². The van der Waals surface area contributed by atoms with E-state index in [4.69, 9.17) is 0 Å². The first kappa shape index (κ1) is 26.5. The molecule has 0 N–H and O–H groups in total. The average Bonchev–Trinajstić information content (AvgIpc) is 3.28. The fourth-order valence-electron chi connectivity index (χ4n) is 7.28. The van der Waals surface area contributed by atoms with E-state index in [1.807, 2.05) is 6.92 Å². The van der Waals surface area contributed by atoms with Gasteiger partial charge in [-0.3, -0.25) is 0 Å². The van der Waals surface area contributed by atoms with Gasteiger partial charge in [-0.2, -0.15) is 0 Å². The normalized spacial score (nSPS) is 23.1. The van der Waals surface area contributed by atoms with Crippen LogP contribution in [0.4, 0.5) is 17.6 Å². The molecule has 1 fully saturated rings. The molecule has 4 heteroatoms. The van der Waals surface area contributed by atoms with E-state index in [9.17, 15) is 8.78 Å².